The summed E-state index contributed by atoms with van der Waals surface area (Å²) in [6, 6.07) is 16.5. The summed E-state index contributed by atoms with van der Waals surface area (Å²) in [6.45, 7) is 6.30. The standard InChI is InChI=1S/C24H24Cl2N2O4S/c1-24(2,3)16-10-8-15(9-11-16)23(29)27-17-6-5-7-18(14-17)28-33(30,31)20-13-12-19(32-4)21(25)22(20)26/h5-14,28H,1-4H3,(H,27,29). The maximum Gasteiger partial charge on any atom is 0.263 e. The lowest BCUT2D eigenvalue weighted by molar-refractivity contribution is 0.102. The lowest BCUT2D eigenvalue weighted by Crippen LogP contribution is -2.15. The van der Waals surface area contributed by atoms with Gasteiger partial charge in [-0.05, 0) is 53.4 Å². The maximum absolute atomic E-state index is 12.9. The zero-order valence-corrected chi connectivity index (χ0v) is 20.9. The smallest absolute Gasteiger partial charge is 0.263 e. The second-order valence-electron chi connectivity index (χ2n) is 8.36. The van der Waals surface area contributed by atoms with Crippen LogP contribution in [0.2, 0.25) is 10.0 Å². The number of sulfonamides is 1. The first-order valence-electron chi connectivity index (χ1n) is 9.99. The van der Waals surface area contributed by atoms with Crippen LogP contribution in [0.3, 0.4) is 0 Å². The molecule has 3 aromatic carbocycles. The Morgan fingerprint density at radius 2 is 1.55 bits per heavy atom. The highest BCUT2D eigenvalue weighted by Crippen LogP contribution is 2.37. The van der Waals surface area contributed by atoms with E-state index in [-0.39, 0.29) is 37.7 Å². The van der Waals surface area contributed by atoms with E-state index in [1.165, 1.54) is 25.3 Å². The van der Waals surface area contributed by atoms with Crippen molar-refractivity contribution < 1.29 is 17.9 Å². The topological polar surface area (TPSA) is 84.5 Å². The van der Waals surface area contributed by atoms with Gasteiger partial charge in [-0.15, -0.1) is 0 Å². The largest absolute Gasteiger partial charge is 0.495 e. The molecule has 0 atom stereocenters. The fourth-order valence-electron chi connectivity index (χ4n) is 3.07. The Labute approximate surface area is 203 Å². The number of carbonyl (C=O) groups excluding carboxylic acids is 1. The Balaban J connectivity index is 1.78. The molecular weight excluding hydrogens is 483 g/mol. The van der Waals surface area contributed by atoms with Crippen LogP contribution in [0.1, 0.15) is 36.7 Å². The van der Waals surface area contributed by atoms with Gasteiger partial charge in [0.1, 0.15) is 15.7 Å². The number of benzene rings is 3. The lowest BCUT2D eigenvalue weighted by atomic mass is 9.87. The second kappa shape index (κ2) is 9.63. The molecule has 0 aromatic heterocycles. The number of nitrogens with one attached hydrogen (secondary N) is 2. The van der Waals surface area contributed by atoms with Gasteiger partial charge in [-0.1, -0.05) is 62.2 Å². The van der Waals surface area contributed by atoms with Gasteiger partial charge in [0.15, 0.2) is 0 Å². The zero-order valence-electron chi connectivity index (χ0n) is 18.6. The average Bonchev–Trinajstić information content (AvgIpc) is 2.75. The summed E-state index contributed by atoms with van der Waals surface area (Å²) in [7, 11) is -2.64. The van der Waals surface area contributed by atoms with E-state index < -0.39 is 10.0 Å². The van der Waals surface area contributed by atoms with Crippen LogP contribution in [0.4, 0.5) is 11.4 Å². The van der Waals surface area contributed by atoms with Crippen molar-refractivity contribution in [3.8, 4) is 5.75 Å². The molecule has 6 nitrogen and oxygen atoms in total. The minimum absolute atomic E-state index is 0.000495. The zero-order chi connectivity index (χ0) is 24.4. The molecule has 0 bridgehead atoms. The van der Waals surface area contributed by atoms with E-state index in [2.05, 4.69) is 30.8 Å². The highest BCUT2D eigenvalue weighted by atomic mass is 35.5. The van der Waals surface area contributed by atoms with Gasteiger partial charge in [0.2, 0.25) is 0 Å². The van der Waals surface area contributed by atoms with Crippen LogP contribution in [-0.2, 0) is 15.4 Å². The van der Waals surface area contributed by atoms with Gasteiger partial charge in [-0.25, -0.2) is 8.42 Å². The minimum atomic E-state index is -4.04. The summed E-state index contributed by atoms with van der Waals surface area (Å²) in [5, 5.41) is 2.63. The molecule has 3 rings (SSSR count). The first-order valence-corrected chi connectivity index (χ1v) is 12.2. The molecule has 0 heterocycles. The summed E-state index contributed by atoms with van der Waals surface area (Å²) >= 11 is 12.2. The number of hydrogen-bond donors (Lipinski definition) is 2. The number of anilines is 2. The third-order valence-corrected chi connectivity index (χ3v) is 7.31. The van der Waals surface area contributed by atoms with Crippen molar-refractivity contribution in [3.63, 3.8) is 0 Å². The van der Waals surface area contributed by atoms with Crippen LogP contribution in [-0.4, -0.2) is 21.4 Å². The number of amides is 1. The van der Waals surface area contributed by atoms with Crippen LogP contribution >= 0.6 is 23.2 Å². The Kier molecular flexibility index (Phi) is 7.26. The number of rotatable bonds is 6. The van der Waals surface area contributed by atoms with E-state index in [0.717, 1.165) is 5.56 Å². The summed E-state index contributed by atoms with van der Waals surface area (Å²) < 4.78 is 33.2. The van der Waals surface area contributed by atoms with Crippen molar-refractivity contribution in [1.82, 2.24) is 0 Å². The average molecular weight is 507 g/mol. The van der Waals surface area contributed by atoms with E-state index in [4.69, 9.17) is 27.9 Å². The van der Waals surface area contributed by atoms with E-state index in [0.29, 0.717) is 11.3 Å². The Hall–Kier alpha value is -2.74. The third-order valence-electron chi connectivity index (χ3n) is 4.91. The van der Waals surface area contributed by atoms with Crippen molar-refractivity contribution >= 4 is 50.5 Å². The first-order chi connectivity index (χ1) is 15.4. The lowest BCUT2D eigenvalue weighted by Gasteiger charge is -2.19. The third kappa shape index (κ3) is 5.79. The van der Waals surface area contributed by atoms with Crippen molar-refractivity contribution in [3.05, 3.63) is 81.8 Å². The number of hydrogen-bond acceptors (Lipinski definition) is 4. The second-order valence-corrected chi connectivity index (χ2v) is 10.8. The molecule has 2 N–H and O–H groups in total. The molecule has 33 heavy (non-hydrogen) atoms. The highest BCUT2D eigenvalue weighted by Gasteiger charge is 2.22. The predicted molar refractivity (Wildman–Crippen MR) is 133 cm³/mol. The fourth-order valence-corrected chi connectivity index (χ4v) is 4.97. The van der Waals surface area contributed by atoms with Crippen LogP contribution < -0.4 is 14.8 Å². The van der Waals surface area contributed by atoms with Crippen molar-refractivity contribution in [1.29, 1.82) is 0 Å². The van der Waals surface area contributed by atoms with Gasteiger partial charge in [-0.3, -0.25) is 9.52 Å². The van der Waals surface area contributed by atoms with E-state index in [1.54, 1.807) is 30.3 Å². The van der Waals surface area contributed by atoms with E-state index in [9.17, 15) is 13.2 Å². The van der Waals surface area contributed by atoms with Gasteiger partial charge >= 0.3 is 0 Å². The Bertz CT molecular complexity index is 1280. The number of ether oxygens (including phenoxy) is 1. The molecule has 0 radical (unpaired) electrons. The molecular formula is C24H24Cl2N2O4S. The molecule has 1 amide bonds. The summed E-state index contributed by atoms with van der Waals surface area (Å²) in [4.78, 5) is 12.5. The summed E-state index contributed by atoms with van der Waals surface area (Å²) in [6.07, 6.45) is 0. The number of carbonyl (C=O) groups is 1. The molecule has 3 aromatic rings. The van der Waals surface area contributed by atoms with Crippen LogP contribution in [0.15, 0.2) is 65.6 Å². The normalized spacial score (nSPS) is 11.7. The monoisotopic (exact) mass is 506 g/mol. The van der Waals surface area contributed by atoms with E-state index in [1.807, 2.05) is 12.1 Å². The van der Waals surface area contributed by atoms with Crippen LogP contribution in [0.25, 0.3) is 0 Å². The van der Waals surface area contributed by atoms with Gasteiger partial charge in [0, 0.05) is 11.3 Å². The fraction of sp³-hybridized carbons (Fsp3) is 0.208. The van der Waals surface area contributed by atoms with Crippen LogP contribution in [0.5, 0.6) is 5.75 Å². The number of methoxy groups -OCH3 is 1. The maximum atomic E-state index is 12.9. The molecule has 9 heteroatoms. The summed E-state index contributed by atoms with van der Waals surface area (Å²) in [5.74, 6) is -0.0405. The van der Waals surface area contributed by atoms with Crippen molar-refractivity contribution in [2.75, 3.05) is 17.1 Å². The molecule has 0 fully saturated rings. The molecule has 0 aliphatic heterocycles. The van der Waals surface area contributed by atoms with Gasteiger partial charge < -0.3 is 10.1 Å². The van der Waals surface area contributed by atoms with Crippen LogP contribution in [0, 0.1) is 0 Å². The highest BCUT2D eigenvalue weighted by molar-refractivity contribution is 7.92. The quantitative estimate of drug-likeness (QED) is 0.407. The molecule has 0 saturated carbocycles. The van der Waals surface area contributed by atoms with Gasteiger partial charge in [0.05, 0.1) is 17.8 Å². The Morgan fingerprint density at radius 1 is 0.909 bits per heavy atom. The van der Waals surface area contributed by atoms with Gasteiger partial charge in [-0.2, -0.15) is 0 Å². The molecule has 0 unspecified atom stereocenters. The van der Waals surface area contributed by atoms with E-state index >= 15 is 0 Å². The van der Waals surface area contributed by atoms with Gasteiger partial charge in [0.25, 0.3) is 15.9 Å². The number of halogens is 2. The molecule has 0 aliphatic carbocycles. The van der Waals surface area contributed by atoms with Crippen molar-refractivity contribution in [2.45, 2.75) is 31.1 Å². The molecule has 174 valence electrons. The molecule has 0 spiro atoms. The Morgan fingerprint density at radius 3 is 2.15 bits per heavy atom. The summed E-state index contributed by atoms with van der Waals surface area (Å²) in [5.41, 5.74) is 2.27. The molecule has 0 saturated heterocycles. The first kappa shape index (κ1) is 24.9. The predicted octanol–water partition coefficient (Wildman–Crippen LogP) is 6.35. The SMILES string of the molecule is COc1ccc(S(=O)(=O)Nc2cccc(NC(=O)c3ccc(C(C)(C)C)cc3)c2)c(Cl)c1Cl. The van der Waals surface area contributed by atoms with Crippen molar-refractivity contribution in [2.24, 2.45) is 0 Å². The minimum Gasteiger partial charge on any atom is -0.495 e. The molecule has 0 aliphatic rings.